The minimum atomic E-state index is -3.65. The third-order valence-corrected chi connectivity index (χ3v) is 6.50. The topological polar surface area (TPSA) is 78.9 Å². The third-order valence-electron chi connectivity index (χ3n) is 4.95. The molecule has 0 aliphatic carbocycles. The maximum atomic E-state index is 13.1. The number of benzene rings is 2. The molecule has 1 aliphatic heterocycles. The summed E-state index contributed by atoms with van der Waals surface area (Å²) in [6.07, 6.45) is 0. The van der Waals surface area contributed by atoms with Crippen molar-refractivity contribution in [1.82, 2.24) is 14.5 Å². The fourth-order valence-electron chi connectivity index (χ4n) is 3.42. The molecule has 1 heterocycles. The van der Waals surface area contributed by atoms with E-state index in [4.69, 9.17) is 4.74 Å². The summed E-state index contributed by atoms with van der Waals surface area (Å²) >= 11 is 0. The highest BCUT2D eigenvalue weighted by Crippen LogP contribution is 2.24. The number of sulfonamides is 1. The lowest BCUT2D eigenvalue weighted by Crippen LogP contribution is -2.48. The Morgan fingerprint density at radius 1 is 1.07 bits per heavy atom. The Bertz CT molecular complexity index is 940. The van der Waals surface area contributed by atoms with Crippen LogP contribution in [0.5, 0.6) is 5.75 Å². The van der Waals surface area contributed by atoms with Crippen LogP contribution in [0.2, 0.25) is 0 Å². The van der Waals surface area contributed by atoms with Crippen molar-refractivity contribution in [3.8, 4) is 5.75 Å². The zero-order chi connectivity index (χ0) is 20.9. The molecule has 0 saturated carbocycles. The molecule has 1 fully saturated rings. The Kier molecular flexibility index (Phi) is 6.89. The molecule has 8 heteroatoms. The summed E-state index contributed by atoms with van der Waals surface area (Å²) in [7, 11) is -2.18. The molecule has 0 spiro atoms. The molecule has 0 atom stereocenters. The van der Waals surface area contributed by atoms with Gasteiger partial charge in [-0.2, -0.15) is 0 Å². The molecule has 2 aromatic rings. The van der Waals surface area contributed by atoms with Gasteiger partial charge in [0.05, 0.1) is 17.6 Å². The Morgan fingerprint density at radius 3 is 2.38 bits per heavy atom. The Balaban J connectivity index is 1.72. The van der Waals surface area contributed by atoms with Crippen LogP contribution in [-0.4, -0.2) is 64.0 Å². The Labute approximate surface area is 172 Å². The lowest BCUT2D eigenvalue weighted by Gasteiger charge is -2.35. The highest BCUT2D eigenvalue weighted by atomic mass is 32.2. The summed E-state index contributed by atoms with van der Waals surface area (Å²) < 4.78 is 32.4. The summed E-state index contributed by atoms with van der Waals surface area (Å²) in [5.41, 5.74) is 1.51. The van der Waals surface area contributed by atoms with E-state index in [2.05, 4.69) is 21.8 Å². The predicted molar refractivity (Wildman–Crippen MR) is 111 cm³/mol. The van der Waals surface area contributed by atoms with Crippen molar-refractivity contribution in [2.45, 2.75) is 18.4 Å². The lowest BCUT2D eigenvalue weighted by molar-refractivity contribution is 0.0625. The van der Waals surface area contributed by atoms with E-state index >= 15 is 0 Å². The number of nitrogens with zero attached hydrogens (tertiary/aromatic N) is 2. The number of carbonyl (C=O) groups is 1. The predicted octanol–water partition coefficient (Wildman–Crippen LogP) is 1.95. The van der Waals surface area contributed by atoms with E-state index < -0.39 is 10.0 Å². The molecular weight excluding hydrogens is 390 g/mol. The molecule has 0 bridgehead atoms. The maximum absolute atomic E-state index is 13.1. The van der Waals surface area contributed by atoms with Crippen molar-refractivity contribution >= 4 is 15.9 Å². The fourth-order valence-corrected chi connectivity index (χ4v) is 4.48. The van der Waals surface area contributed by atoms with E-state index in [-0.39, 0.29) is 22.9 Å². The van der Waals surface area contributed by atoms with Crippen LogP contribution in [0.25, 0.3) is 0 Å². The van der Waals surface area contributed by atoms with Gasteiger partial charge in [-0.05, 0) is 23.8 Å². The van der Waals surface area contributed by atoms with Crippen LogP contribution in [0.4, 0.5) is 0 Å². The summed E-state index contributed by atoms with van der Waals surface area (Å²) in [5.74, 6) is 0.159. The monoisotopic (exact) mass is 417 g/mol. The molecule has 1 saturated heterocycles. The van der Waals surface area contributed by atoms with Crippen LogP contribution < -0.4 is 9.46 Å². The van der Waals surface area contributed by atoms with E-state index in [1.165, 1.54) is 30.9 Å². The van der Waals surface area contributed by atoms with Crippen LogP contribution in [0.1, 0.15) is 22.8 Å². The number of methoxy groups -OCH3 is 1. The maximum Gasteiger partial charge on any atom is 0.257 e. The number of hydrogen-bond acceptors (Lipinski definition) is 5. The van der Waals surface area contributed by atoms with Gasteiger partial charge in [-0.15, -0.1) is 0 Å². The molecule has 7 nitrogen and oxygen atoms in total. The van der Waals surface area contributed by atoms with Crippen molar-refractivity contribution in [3.63, 3.8) is 0 Å². The quantitative estimate of drug-likeness (QED) is 0.745. The van der Waals surface area contributed by atoms with Crippen LogP contribution >= 0.6 is 0 Å². The number of nitrogens with one attached hydrogen (secondary N) is 1. The van der Waals surface area contributed by atoms with Gasteiger partial charge in [-0.1, -0.05) is 37.3 Å². The molecule has 29 heavy (non-hydrogen) atoms. The van der Waals surface area contributed by atoms with Crippen LogP contribution in [-0.2, 0) is 16.6 Å². The fraction of sp³-hybridized carbons (Fsp3) is 0.381. The van der Waals surface area contributed by atoms with Gasteiger partial charge in [0, 0.05) is 39.3 Å². The van der Waals surface area contributed by atoms with Crippen LogP contribution in [0, 0.1) is 0 Å². The SMILES string of the molecule is CCNS(=O)(=O)c1ccc(OC)c(C(=O)N2CCN(Cc3ccccc3)CC2)c1. The minimum absolute atomic E-state index is 0.0613. The summed E-state index contributed by atoms with van der Waals surface area (Å²) in [6, 6.07) is 14.6. The van der Waals surface area contributed by atoms with Crippen molar-refractivity contribution < 1.29 is 17.9 Å². The van der Waals surface area contributed by atoms with Crippen molar-refractivity contribution in [2.75, 3.05) is 39.8 Å². The number of hydrogen-bond donors (Lipinski definition) is 1. The van der Waals surface area contributed by atoms with Gasteiger partial charge < -0.3 is 9.64 Å². The first kappa shape index (κ1) is 21.3. The van der Waals surface area contributed by atoms with E-state index in [1.807, 2.05) is 18.2 Å². The van der Waals surface area contributed by atoms with Crippen molar-refractivity contribution in [3.05, 3.63) is 59.7 Å². The molecule has 1 amide bonds. The van der Waals surface area contributed by atoms with E-state index in [1.54, 1.807) is 11.8 Å². The largest absolute Gasteiger partial charge is 0.496 e. The molecule has 1 N–H and O–H groups in total. The van der Waals surface area contributed by atoms with Gasteiger partial charge in [0.15, 0.2) is 0 Å². The van der Waals surface area contributed by atoms with Crippen LogP contribution in [0.15, 0.2) is 53.4 Å². The van der Waals surface area contributed by atoms with E-state index in [0.717, 1.165) is 19.6 Å². The number of carbonyl (C=O) groups excluding carboxylic acids is 1. The van der Waals surface area contributed by atoms with Crippen molar-refractivity contribution in [1.29, 1.82) is 0 Å². The van der Waals surface area contributed by atoms with Gasteiger partial charge in [0.2, 0.25) is 10.0 Å². The summed E-state index contributed by atoms with van der Waals surface area (Å²) in [6.45, 7) is 5.53. The zero-order valence-corrected chi connectivity index (χ0v) is 17.6. The van der Waals surface area contributed by atoms with Crippen LogP contribution in [0.3, 0.4) is 0 Å². The van der Waals surface area contributed by atoms with Gasteiger partial charge in [-0.25, -0.2) is 13.1 Å². The molecule has 0 unspecified atom stereocenters. The molecule has 2 aromatic carbocycles. The zero-order valence-electron chi connectivity index (χ0n) is 16.8. The average Bonchev–Trinajstić information content (AvgIpc) is 2.74. The second-order valence-corrected chi connectivity index (χ2v) is 8.68. The molecule has 0 aromatic heterocycles. The summed E-state index contributed by atoms with van der Waals surface area (Å²) in [5, 5.41) is 0. The third kappa shape index (κ3) is 5.14. The van der Waals surface area contributed by atoms with E-state index in [0.29, 0.717) is 18.8 Å². The smallest absolute Gasteiger partial charge is 0.257 e. The lowest BCUT2D eigenvalue weighted by atomic mass is 10.1. The van der Waals surface area contributed by atoms with Gasteiger partial charge in [-0.3, -0.25) is 9.69 Å². The standard InChI is InChI=1S/C21H27N3O4S/c1-3-22-29(26,27)18-9-10-20(28-2)19(15-18)21(25)24-13-11-23(12-14-24)16-17-7-5-4-6-8-17/h4-10,15,22H,3,11-14,16H2,1-2H3. The van der Waals surface area contributed by atoms with Crippen molar-refractivity contribution in [2.24, 2.45) is 0 Å². The number of ether oxygens (including phenoxy) is 1. The first-order chi connectivity index (χ1) is 13.9. The van der Waals surface area contributed by atoms with Gasteiger partial charge in [0.1, 0.15) is 5.75 Å². The first-order valence-corrected chi connectivity index (χ1v) is 11.2. The molecule has 3 rings (SSSR count). The summed E-state index contributed by atoms with van der Waals surface area (Å²) in [4.78, 5) is 17.2. The van der Waals surface area contributed by atoms with E-state index in [9.17, 15) is 13.2 Å². The normalized spacial score (nSPS) is 15.3. The second-order valence-electron chi connectivity index (χ2n) is 6.92. The first-order valence-electron chi connectivity index (χ1n) is 9.68. The number of rotatable bonds is 7. The highest BCUT2D eigenvalue weighted by molar-refractivity contribution is 7.89. The molecule has 156 valence electrons. The minimum Gasteiger partial charge on any atom is -0.496 e. The molecule has 0 radical (unpaired) electrons. The van der Waals surface area contributed by atoms with Gasteiger partial charge in [0.25, 0.3) is 5.91 Å². The average molecular weight is 418 g/mol. The highest BCUT2D eigenvalue weighted by Gasteiger charge is 2.26. The second kappa shape index (κ2) is 9.39. The molecular formula is C21H27N3O4S. The van der Waals surface area contributed by atoms with Gasteiger partial charge >= 0.3 is 0 Å². The number of piperazine rings is 1. The number of amides is 1. The Morgan fingerprint density at radius 2 is 1.76 bits per heavy atom. The Hall–Kier alpha value is -2.42. The molecule has 1 aliphatic rings.